The molecule has 2 aliphatic heterocycles. The van der Waals surface area contributed by atoms with Crippen molar-refractivity contribution in [3.8, 4) is 11.6 Å². The molecule has 3 heterocycles. The molecule has 11 heteroatoms. The maximum absolute atomic E-state index is 14.4. The Hall–Kier alpha value is -3.63. The zero-order chi connectivity index (χ0) is 32.7. The summed E-state index contributed by atoms with van der Waals surface area (Å²) >= 11 is 0. The van der Waals surface area contributed by atoms with E-state index in [9.17, 15) is 19.5 Å². The third-order valence-corrected chi connectivity index (χ3v) is 8.92. The van der Waals surface area contributed by atoms with Crippen LogP contribution in [-0.4, -0.2) is 74.4 Å². The van der Waals surface area contributed by atoms with Gasteiger partial charge >= 0.3 is 12.1 Å². The van der Waals surface area contributed by atoms with Gasteiger partial charge in [-0.3, -0.25) is 4.79 Å². The van der Waals surface area contributed by atoms with Crippen molar-refractivity contribution in [1.82, 2.24) is 20.2 Å². The van der Waals surface area contributed by atoms with Gasteiger partial charge in [-0.05, 0) is 76.3 Å². The number of amides is 2. The molecule has 246 valence electrons. The van der Waals surface area contributed by atoms with Crippen LogP contribution >= 0.6 is 0 Å². The van der Waals surface area contributed by atoms with Gasteiger partial charge < -0.3 is 29.5 Å². The van der Waals surface area contributed by atoms with E-state index in [1.54, 1.807) is 39.0 Å². The van der Waals surface area contributed by atoms with Crippen LogP contribution in [-0.2, 0) is 25.5 Å². The van der Waals surface area contributed by atoms with Gasteiger partial charge in [-0.2, -0.15) is 0 Å². The molecule has 0 radical (unpaired) electrons. The summed E-state index contributed by atoms with van der Waals surface area (Å²) in [5.41, 5.74) is 0.392. The lowest BCUT2D eigenvalue weighted by atomic mass is 9.85. The van der Waals surface area contributed by atoms with Gasteiger partial charge in [-0.25, -0.2) is 19.6 Å². The minimum absolute atomic E-state index is 0.0728. The van der Waals surface area contributed by atoms with Crippen LogP contribution in [0.3, 0.4) is 0 Å². The van der Waals surface area contributed by atoms with Crippen LogP contribution in [0.5, 0.6) is 11.6 Å². The molecule has 1 aromatic carbocycles. The molecular formula is C34H48N4O7. The zero-order valence-corrected chi connectivity index (χ0v) is 27.6. The number of alkyl carbamates (subject to hydrolysis) is 1. The molecule has 2 aromatic rings. The fraction of sp³-hybridized carbons (Fsp3) is 0.676. The maximum atomic E-state index is 14.4. The first-order valence-electron chi connectivity index (χ1n) is 16.3. The lowest BCUT2D eigenvalue weighted by Crippen LogP contribution is -2.58. The standard InChI is InChI=1S/C34H48N4O7/c1-8-21-26-18-38(27(21)31(41)45-34(5,6)7)30(40)28(33(2,3)4)37-32(42)44-25-16-19(25)12-10-9-11-13-23-29(43-26)36-24-17-20(39)14-15-22(24)35-23/h14-15,17,19,21,25-28,39H,8-13,16,18H2,1-7H3,(H,37,42). The van der Waals surface area contributed by atoms with E-state index in [0.29, 0.717) is 41.4 Å². The number of nitrogens with one attached hydrogen (secondary N) is 1. The molecule has 2 bridgehead atoms. The molecule has 2 amide bonds. The Morgan fingerprint density at radius 1 is 1.04 bits per heavy atom. The van der Waals surface area contributed by atoms with E-state index in [1.807, 2.05) is 27.7 Å². The number of hydrogen-bond donors (Lipinski definition) is 2. The highest BCUT2D eigenvalue weighted by atomic mass is 16.6. The molecular weight excluding hydrogens is 576 g/mol. The number of rotatable bonds is 2. The Labute approximate surface area is 265 Å². The molecule has 1 aromatic heterocycles. The normalized spacial score (nSPS) is 28.1. The van der Waals surface area contributed by atoms with Gasteiger partial charge in [0.05, 0.1) is 17.6 Å². The van der Waals surface area contributed by atoms with Crippen molar-refractivity contribution >= 4 is 29.0 Å². The predicted molar refractivity (Wildman–Crippen MR) is 168 cm³/mol. The Bertz CT molecular complexity index is 1430. The third-order valence-electron chi connectivity index (χ3n) is 8.92. The molecule has 3 aliphatic rings. The second-order valence-electron chi connectivity index (χ2n) is 14.8. The molecule has 5 rings (SSSR count). The van der Waals surface area contributed by atoms with Crippen molar-refractivity contribution in [1.29, 1.82) is 0 Å². The number of carbonyl (C=O) groups excluding carboxylic acids is 3. The van der Waals surface area contributed by atoms with Crippen molar-refractivity contribution in [2.24, 2.45) is 17.3 Å². The summed E-state index contributed by atoms with van der Waals surface area (Å²) in [6.45, 7) is 13.0. The van der Waals surface area contributed by atoms with Crippen LogP contribution < -0.4 is 10.1 Å². The molecule has 45 heavy (non-hydrogen) atoms. The number of ether oxygens (including phenoxy) is 3. The molecule has 2 N–H and O–H groups in total. The van der Waals surface area contributed by atoms with E-state index in [2.05, 4.69) is 5.32 Å². The minimum atomic E-state index is -0.957. The lowest BCUT2D eigenvalue weighted by molar-refractivity contribution is -0.165. The zero-order valence-electron chi connectivity index (χ0n) is 27.6. The van der Waals surface area contributed by atoms with E-state index < -0.39 is 53.1 Å². The van der Waals surface area contributed by atoms with Crippen molar-refractivity contribution < 1.29 is 33.7 Å². The Morgan fingerprint density at radius 3 is 2.49 bits per heavy atom. The number of aromatic nitrogens is 2. The molecule has 6 unspecified atom stereocenters. The molecule has 1 saturated heterocycles. The van der Waals surface area contributed by atoms with Gasteiger partial charge in [0.15, 0.2) is 0 Å². The summed E-state index contributed by atoms with van der Waals surface area (Å²) in [4.78, 5) is 52.5. The van der Waals surface area contributed by atoms with E-state index >= 15 is 0 Å². The molecule has 6 atom stereocenters. The average Bonchev–Trinajstić information content (AvgIpc) is 3.56. The highest BCUT2D eigenvalue weighted by molar-refractivity contribution is 5.91. The Balaban J connectivity index is 1.56. The SMILES string of the molecule is CCC1C2CN(C(=O)C(C(C)(C)C)NC(=O)OC3CC3CCCCCc3nc4ccc(O)cc4nc3O2)C1C(=O)OC(C)(C)C. The lowest BCUT2D eigenvalue weighted by Gasteiger charge is -2.36. The van der Waals surface area contributed by atoms with E-state index in [4.69, 9.17) is 24.2 Å². The molecule has 11 nitrogen and oxygen atoms in total. The van der Waals surface area contributed by atoms with Crippen LogP contribution in [0.4, 0.5) is 4.79 Å². The van der Waals surface area contributed by atoms with Gasteiger partial charge in [0, 0.05) is 12.0 Å². The smallest absolute Gasteiger partial charge is 0.408 e. The van der Waals surface area contributed by atoms with Crippen LogP contribution in [0.1, 0.15) is 92.7 Å². The Morgan fingerprint density at radius 2 is 1.80 bits per heavy atom. The third kappa shape index (κ3) is 7.61. The van der Waals surface area contributed by atoms with E-state index in [0.717, 1.165) is 32.1 Å². The van der Waals surface area contributed by atoms with Crippen LogP contribution in [0.2, 0.25) is 0 Å². The highest BCUT2D eigenvalue weighted by Gasteiger charge is 2.53. The number of phenolic OH excluding ortho intramolecular Hbond substituents is 1. The first-order valence-corrected chi connectivity index (χ1v) is 16.3. The van der Waals surface area contributed by atoms with Crippen molar-refractivity contribution in [2.75, 3.05) is 6.54 Å². The van der Waals surface area contributed by atoms with Gasteiger partial charge in [-0.1, -0.05) is 40.5 Å². The molecule has 2 fully saturated rings. The largest absolute Gasteiger partial charge is 0.508 e. The van der Waals surface area contributed by atoms with Crippen molar-refractivity contribution in [3.05, 3.63) is 23.9 Å². The number of nitrogens with zero attached hydrogens (tertiary/aromatic N) is 3. The number of phenols is 1. The number of aromatic hydroxyl groups is 1. The first-order chi connectivity index (χ1) is 21.1. The quantitative estimate of drug-likeness (QED) is 0.426. The van der Waals surface area contributed by atoms with Crippen molar-refractivity contribution in [2.45, 2.75) is 123 Å². The predicted octanol–water partition coefficient (Wildman–Crippen LogP) is 5.31. The summed E-state index contributed by atoms with van der Waals surface area (Å²) in [5, 5.41) is 13.0. The number of hydrogen-bond acceptors (Lipinski definition) is 9. The van der Waals surface area contributed by atoms with Crippen LogP contribution in [0.25, 0.3) is 11.0 Å². The molecule has 1 saturated carbocycles. The van der Waals surface area contributed by atoms with E-state index in [1.165, 1.54) is 4.90 Å². The Kier molecular flexibility index (Phi) is 9.20. The summed E-state index contributed by atoms with van der Waals surface area (Å²) in [5.74, 6) is -0.615. The fourth-order valence-electron chi connectivity index (χ4n) is 6.49. The van der Waals surface area contributed by atoms with E-state index in [-0.39, 0.29) is 18.4 Å². The summed E-state index contributed by atoms with van der Waals surface area (Å²) in [6.07, 6.45) is 4.39. The fourth-order valence-corrected chi connectivity index (χ4v) is 6.49. The number of aryl methyl sites for hydroxylation is 1. The van der Waals surface area contributed by atoms with Gasteiger partial charge in [0.25, 0.3) is 0 Å². The minimum Gasteiger partial charge on any atom is -0.508 e. The second-order valence-corrected chi connectivity index (χ2v) is 14.8. The van der Waals surface area contributed by atoms with Crippen LogP contribution in [0, 0.1) is 17.3 Å². The second kappa shape index (κ2) is 12.6. The van der Waals surface area contributed by atoms with Crippen molar-refractivity contribution in [3.63, 3.8) is 0 Å². The first kappa shape index (κ1) is 32.8. The number of carbonyl (C=O) groups is 3. The van der Waals surface area contributed by atoms with Gasteiger partial charge in [0.1, 0.15) is 41.3 Å². The monoisotopic (exact) mass is 624 g/mol. The molecule has 1 aliphatic carbocycles. The number of esters is 1. The highest BCUT2D eigenvalue weighted by Crippen LogP contribution is 2.39. The summed E-state index contributed by atoms with van der Waals surface area (Å²) in [7, 11) is 0. The number of fused-ring (bicyclic) bond motifs is 5. The van der Waals surface area contributed by atoms with Crippen LogP contribution in [0.15, 0.2) is 18.2 Å². The topological polar surface area (TPSA) is 140 Å². The average molecular weight is 625 g/mol. The number of benzene rings is 1. The summed E-state index contributed by atoms with van der Waals surface area (Å²) < 4.78 is 18.2. The summed E-state index contributed by atoms with van der Waals surface area (Å²) in [6, 6.07) is 2.98. The van der Waals surface area contributed by atoms with Gasteiger partial charge in [0.2, 0.25) is 11.8 Å². The maximum Gasteiger partial charge on any atom is 0.408 e. The van der Waals surface area contributed by atoms with Gasteiger partial charge in [-0.15, -0.1) is 0 Å². The molecule has 0 spiro atoms.